The van der Waals surface area contributed by atoms with E-state index in [0.717, 1.165) is 0 Å². The highest BCUT2D eigenvalue weighted by molar-refractivity contribution is 5.35. The zero-order valence-corrected chi connectivity index (χ0v) is 8.83. The Bertz CT molecular complexity index is 280. The molecule has 0 bridgehead atoms. The average Bonchev–Trinajstić information content (AvgIpc) is 2.16. The Labute approximate surface area is 83.1 Å². The summed E-state index contributed by atoms with van der Waals surface area (Å²) in [5.74, 6) is 0.996. The molecule has 1 aromatic rings. The van der Waals surface area contributed by atoms with Crippen molar-refractivity contribution in [2.45, 2.75) is 19.9 Å². The fourth-order valence-electron chi connectivity index (χ4n) is 0.882. The van der Waals surface area contributed by atoms with Crippen molar-refractivity contribution >= 4 is 11.9 Å². The van der Waals surface area contributed by atoms with Gasteiger partial charge in [-0.05, 0) is 13.8 Å². The summed E-state index contributed by atoms with van der Waals surface area (Å²) >= 11 is 0. The van der Waals surface area contributed by atoms with Crippen molar-refractivity contribution in [3.8, 4) is 6.01 Å². The Kier molecular flexibility index (Phi) is 3.44. The number of hydrogen-bond donors (Lipinski definition) is 2. The van der Waals surface area contributed by atoms with E-state index in [-0.39, 0.29) is 6.04 Å². The van der Waals surface area contributed by atoms with Crippen molar-refractivity contribution in [2.75, 3.05) is 24.8 Å². The molecule has 1 aromatic heterocycles. The summed E-state index contributed by atoms with van der Waals surface area (Å²) in [6.07, 6.45) is 0. The number of nitrogens with one attached hydrogen (secondary N) is 2. The maximum atomic E-state index is 4.94. The standard InChI is InChI=1S/C8H15N5O/c1-5(2)10-7-11-6(9-3)12-8(13-7)14-4/h5H,1-4H3,(H2,9,10,11,12,13). The lowest BCUT2D eigenvalue weighted by Gasteiger charge is -2.09. The first-order valence-corrected chi connectivity index (χ1v) is 4.40. The van der Waals surface area contributed by atoms with E-state index in [1.807, 2.05) is 13.8 Å². The number of nitrogens with zero attached hydrogens (tertiary/aromatic N) is 3. The van der Waals surface area contributed by atoms with Crippen LogP contribution in [-0.2, 0) is 0 Å². The van der Waals surface area contributed by atoms with Gasteiger partial charge in [-0.1, -0.05) is 0 Å². The van der Waals surface area contributed by atoms with Crippen LogP contribution in [0.4, 0.5) is 11.9 Å². The molecule has 0 amide bonds. The van der Waals surface area contributed by atoms with Crippen LogP contribution >= 0.6 is 0 Å². The molecule has 0 aliphatic carbocycles. The van der Waals surface area contributed by atoms with E-state index in [1.54, 1.807) is 7.05 Å². The summed E-state index contributed by atoms with van der Waals surface area (Å²) in [7, 11) is 3.27. The third-order valence-electron chi connectivity index (χ3n) is 1.44. The molecule has 2 N–H and O–H groups in total. The largest absolute Gasteiger partial charge is 0.467 e. The lowest BCUT2D eigenvalue weighted by Crippen LogP contribution is -2.14. The summed E-state index contributed by atoms with van der Waals surface area (Å²) in [6, 6.07) is 0.569. The van der Waals surface area contributed by atoms with Gasteiger partial charge in [-0.15, -0.1) is 0 Å². The zero-order valence-electron chi connectivity index (χ0n) is 8.83. The Morgan fingerprint density at radius 2 is 1.79 bits per heavy atom. The molecule has 0 aliphatic heterocycles. The fourth-order valence-corrected chi connectivity index (χ4v) is 0.882. The quantitative estimate of drug-likeness (QED) is 0.741. The monoisotopic (exact) mass is 197 g/mol. The predicted octanol–water partition coefficient (Wildman–Crippen LogP) is 0.742. The second kappa shape index (κ2) is 4.59. The SMILES string of the molecule is CNc1nc(NC(C)C)nc(OC)n1. The number of anilines is 2. The Hall–Kier alpha value is -1.59. The third kappa shape index (κ3) is 2.72. The van der Waals surface area contributed by atoms with E-state index >= 15 is 0 Å². The van der Waals surface area contributed by atoms with Crippen molar-refractivity contribution in [1.82, 2.24) is 15.0 Å². The molecule has 14 heavy (non-hydrogen) atoms. The van der Waals surface area contributed by atoms with Crippen molar-refractivity contribution in [2.24, 2.45) is 0 Å². The van der Waals surface area contributed by atoms with Gasteiger partial charge >= 0.3 is 6.01 Å². The summed E-state index contributed by atoms with van der Waals surface area (Å²) in [6.45, 7) is 4.02. The van der Waals surface area contributed by atoms with Crippen molar-refractivity contribution in [3.63, 3.8) is 0 Å². The van der Waals surface area contributed by atoms with Crippen molar-refractivity contribution in [3.05, 3.63) is 0 Å². The topological polar surface area (TPSA) is 72.0 Å². The average molecular weight is 197 g/mol. The van der Waals surface area contributed by atoms with E-state index in [2.05, 4.69) is 25.6 Å². The summed E-state index contributed by atoms with van der Waals surface area (Å²) < 4.78 is 4.94. The third-order valence-corrected chi connectivity index (χ3v) is 1.44. The minimum absolute atomic E-state index is 0.270. The van der Waals surface area contributed by atoms with Crippen molar-refractivity contribution in [1.29, 1.82) is 0 Å². The molecule has 0 aromatic carbocycles. The summed E-state index contributed by atoms with van der Waals surface area (Å²) in [4.78, 5) is 12.1. The van der Waals surface area contributed by atoms with Gasteiger partial charge in [0.1, 0.15) is 0 Å². The first-order valence-electron chi connectivity index (χ1n) is 4.40. The smallest absolute Gasteiger partial charge is 0.322 e. The highest BCUT2D eigenvalue weighted by Gasteiger charge is 2.05. The molecular weight excluding hydrogens is 182 g/mol. The Balaban J connectivity index is 2.92. The molecule has 0 atom stereocenters. The van der Waals surface area contributed by atoms with Gasteiger partial charge in [-0.2, -0.15) is 15.0 Å². The molecule has 0 spiro atoms. The molecule has 0 saturated carbocycles. The van der Waals surface area contributed by atoms with Crippen LogP contribution in [0.25, 0.3) is 0 Å². The molecule has 0 unspecified atom stereocenters. The molecule has 0 aliphatic rings. The first kappa shape index (κ1) is 10.5. The number of aromatic nitrogens is 3. The van der Waals surface area contributed by atoms with Gasteiger partial charge in [0.2, 0.25) is 11.9 Å². The van der Waals surface area contributed by atoms with Crippen LogP contribution in [0.5, 0.6) is 6.01 Å². The molecule has 0 fully saturated rings. The van der Waals surface area contributed by atoms with Gasteiger partial charge in [0.25, 0.3) is 0 Å². The molecule has 0 saturated heterocycles. The Morgan fingerprint density at radius 3 is 2.29 bits per heavy atom. The lowest BCUT2D eigenvalue weighted by molar-refractivity contribution is 0.379. The van der Waals surface area contributed by atoms with E-state index in [1.165, 1.54) is 7.11 Å². The molecule has 1 rings (SSSR count). The van der Waals surface area contributed by atoms with Crippen LogP contribution in [0.3, 0.4) is 0 Å². The minimum Gasteiger partial charge on any atom is -0.467 e. The van der Waals surface area contributed by atoms with Gasteiger partial charge in [-0.3, -0.25) is 0 Å². The molecule has 1 heterocycles. The lowest BCUT2D eigenvalue weighted by atomic mass is 10.4. The molecule has 0 radical (unpaired) electrons. The van der Waals surface area contributed by atoms with Crippen LogP contribution < -0.4 is 15.4 Å². The summed E-state index contributed by atoms with van der Waals surface area (Å²) in [5, 5.41) is 5.91. The number of ether oxygens (including phenoxy) is 1. The predicted molar refractivity (Wildman–Crippen MR) is 54.7 cm³/mol. The fraction of sp³-hybridized carbons (Fsp3) is 0.625. The van der Waals surface area contributed by atoms with E-state index in [0.29, 0.717) is 17.9 Å². The van der Waals surface area contributed by atoms with Gasteiger partial charge < -0.3 is 15.4 Å². The first-order chi connectivity index (χ1) is 6.65. The summed E-state index contributed by atoms with van der Waals surface area (Å²) in [5.41, 5.74) is 0. The molecular formula is C8H15N5O. The van der Waals surface area contributed by atoms with Crippen LogP contribution in [0.15, 0.2) is 0 Å². The zero-order chi connectivity index (χ0) is 10.6. The van der Waals surface area contributed by atoms with Crippen LogP contribution in [0, 0.1) is 0 Å². The van der Waals surface area contributed by atoms with E-state index in [4.69, 9.17) is 4.74 Å². The maximum absolute atomic E-state index is 4.94. The second-order valence-electron chi connectivity index (χ2n) is 3.02. The normalized spacial score (nSPS) is 10.1. The van der Waals surface area contributed by atoms with E-state index in [9.17, 15) is 0 Å². The van der Waals surface area contributed by atoms with Crippen molar-refractivity contribution < 1.29 is 4.74 Å². The maximum Gasteiger partial charge on any atom is 0.322 e. The number of rotatable bonds is 4. The van der Waals surface area contributed by atoms with Gasteiger partial charge in [0.15, 0.2) is 0 Å². The molecule has 6 nitrogen and oxygen atoms in total. The van der Waals surface area contributed by atoms with E-state index < -0.39 is 0 Å². The van der Waals surface area contributed by atoms with Gasteiger partial charge in [0.05, 0.1) is 7.11 Å². The van der Waals surface area contributed by atoms with Crippen LogP contribution in [-0.4, -0.2) is 35.2 Å². The minimum atomic E-state index is 0.270. The van der Waals surface area contributed by atoms with Gasteiger partial charge in [-0.25, -0.2) is 0 Å². The molecule has 78 valence electrons. The van der Waals surface area contributed by atoms with Crippen LogP contribution in [0.2, 0.25) is 0 Å². The molecule has 6 heteroatoms. The number of hydrogen-bond acceptors (Lipinski definition) is 6. The second-order valence-corrected chi connectivity index (χ2v) is 3.02. The highest BCUT2D eigenvalue weighted by Crippen LogP contribution is 2.10. The number of methoxy groups -OCH3 is 1. The van der Waals surface area contributed by atoms with Gasteiger partial charge in [0, 0.05) is 13.1 Å². The van der Waals surface area contributed by atoms with Crippen LogP contribution in [0.1, 0.15) is 13.8 Å². The Morgan fingerprint density at radius 1 is 1.14 bits per heavy atom. The highest BCUT2D eigenvalue weighted by atomic mass is 16.5.